The molecule has 1 aliphatic rings. The second kappa shape index (κ2) is 5.60. The van der Waals surface area contributed by atoms with E-state index in [1.165, 1.54) is 0 Å². The Balaban J connectivity index is 1.93. The van der Waals surface area contributed by atoms with E-state index in [1.54, 1.807) is 0 Å². The van der Waals surface area contributed by atoms with Crippen molar-refractivity contribution in [1.29, 1.82) is 0 Å². The highest BCUT2D eigenvalue weighted by molar-refractivity contribution is 4.96. The molecule has 2 rings (SSSR count). The second-order valence-corrected chi connectivity index (χ2v) is 4.99. The zero-order valence-corrected chi connectivity index (χ0v) is 11.1. The topological polar surface area (TPSA) is 46.0 Å². The predicted octanol–water partition coefficient (Wildman–Crippen LogP) is 0.615. The van der Waals surface area contributed by atoms with Crippen LogP contribution in [0.3, 0.4) is 0 Å². The smallest absolute Gasteiger partial charge is 0.147 e. The van der Waals surface area contributed by atoms with E-state index in [2.05, 4.69) is 38.8 Å². The number of aryl methyl sites for hydroxylation is 1. The highest BCUT2D eigenvalue weighted by Crippen LogP contribution is 2.11. The lowest BCUT2D eigenvalue weighted by Crippen LogP contribution is -2.44. The largest absolute Gasteiger partial charge is 0.314 e. The van der Waals surface area contributed by atoms with Crippen LogP contribution in [0, 0.1) is 6.92 Å². The zero-order chi connectivity index (χ0) is 12.3. The molecule has 0 spiro atoms. The zero-order valence-electron chi connectivity index (χ0n) is 11.1. The maximum atomic E-state index is 4.49. The number of nitrogens with one attached hydrogen (secondary N) is 1. The van der Waals surface area contributed by atoms with Crippen LogP contribution in [0.1, 0.15) is 31.4 Å². The average Bonchev–Trinajstić information content (AvgIpc) is 2.69. The third-order valence-electron chi connectivity index (χ3n) is 3.16. The van der Waals surface area contributed by atoms with Gasteiger partial charge in [-0.05, 0) is 6.92 Å². The Hall–Kier alpha value is -0.940. The van der Waals surface area contributed by atoms with Crippen LogP contribution in [0.4, 0.5) is 0 Å². The van der Waals surface area contributed by atoms with Gasteiger partial charge in [-0.2, -0.15) is 5.10 Å². The first-order valence-corrected chi connectivity index (χ1v) is 6.51. The molecule has 0 atom stereocenters. The summed E-state index contributed by atoms with van der Waals surface area (Å²) in [5.74, 6) is 2.44. The first-order valence-electron chi connectivity index (χ1n) is 6.51. The number of rotatable bonds is 4. The van der Waals surface area contributed by atoms with E-state index >= 15 is 0 Å². The monoisotopic (exact) mass is 237 g/mol. The van der Waals surface area contributed by atoms with Gasteiger partial charge in [0.1, 0.15) is 11.6 Å². The standard InChI is InChI=1S/C12H23N5/c1-10(2)12-14-11(3)15-17(12)9-8-16-6-4-13-5-7-16/h10,13H,4-9H2,1-3H3. The van der Waals surface area contributed by atoms with Gasteiger partial charge >= 0.3 is 0 Å². The van der Waals surface area contributed by atoms with Gasteiger partial charge in [0.05, 0.1) is 6.54 Å². The highest BCUT2D eigenvalue weighted by Gasteiger charge is 2.13. The SMILES string of the molecule is Cc1nc(C(C)C)n(CCN2CCNCC2)n1. The molecule has 0 bridgehead atoms. The molecule has 5 heteroatoms. The van der Waals surface area contributed by atoms with Crippen LogP contribution >= 0.6 is 0 Å². The summed E-state index contributed by atoms with van der Waals surface area (Å²) in [6.07, 6.45) is 0. The summed E-state index contributed by atoms with van der Waals surface area (Å²) in [5.41, 5.74) is 0. The minimum Gasteiger partial charge on any atom is -0.314 e. The van der Waals surface area contributed by atoms with Crippen molar-refractivity contribution in [3.05, 3.63) is 11.6 Å². The van der Waals surface area contributed by atoms with Gasteiger partial charge in [-0.15, -0.1) is 0 Å². The van der Waals surface area contributed by atoms with Gasteiger partial charge in [0, 0.05) is 38.6 Å². The quantitative estimate of drug-likeness (QED) is 0.833. The average molecular weight is 237 g/mol. The number of hydrogen-bond acceptors (Lipinski definition) is 4. The minimum atomic E-state index is 0.444. The molecular weight excluding hydrogens is 214 g/mol. The molecule has 0 radical (unpaired) electrons. The van der Waals surface area contributed by atoms with Crippen LogP contribution < -0.4 is 5.32 Å². The van der Waals surface area contributed by atoms with Crippen LogP contribution in [0.2, 0.25) is 0 Å². The van der Waals surface area contributed by atoms with Crippen molar-refractivity contribution in [2.45, 2.75) is 33.2 Å². The van der Waals surface area contributed by atoms with Gasteiger partial charge in [-0.3, -0.25) is 4.90 Å². The molecule has 0 aromatic carbocycles. The Labute approximate surface area is 103 Å². The molecule has 2 heterocycles. The van der Waals surface area contributed by atoms with Crippen LogP contribution in [0.15, 0.2) is 0 Å². The van der Waals surface area contributed by atoms with E-state index in [1.807, 2.05) is 6.92 Å². The first kappa shape index (κ1) is 12.5. The molecule has 1 aromatic rings. The summed E-state index contributed by atoms with van der Waals surface area (Å²) in [6.45, 7) is 12.8. The molecule has 96 valence electrons. The van der Waals surface area contributed by atoms with Gasteiger partial charge in [-0.1, -0.05) is 13.8 Å². The van der Waals surface area contributed by atoms with Crippen molar-refractivity contribution in [3.63, 3.8) is 0 Å². The molecule has 1 aliphatic heterocycles. The minimum absolute atomic E-state index is 0.444. The molecule has 0 aliphatic carbocycles. The van der Waals surface area contributed by atoms with E-state index in [0.29, 0.717) is 5.92 Å². The molecule has 1 aromatic heterocycles. The summed E-state index contributed by atoms with van der Waals surface area (Å²) in [5, 5.41) is 7.85. The molecule has 1 fully saturated rings. The number of nitrogens with zero attached hydrogens (tertiary/aromatic N) is 4. The summed E-state index contributed by atoms with van der Waals surface area (Å²) >= 11 is 0. The molecule has 17 heavy (non-hydrogen) atoms. The van der Waals surface area contributed by atoms with Gasteiger partial charge in [-0.25, -0.2) is 9.67 Å². The van der Waals surface area contributed by atoms with E-state index in [4.69, 9.17) is 0 Å². The van der Waals surface area contributed by atoms with Crippen molar-refractivity contribution in [2.75, 3.05) is 32.7 Å². The Morgan fingerprint density at radius 3 is 2.59 bits per heavy atom. The van der Waals surface area contributed by atoms with E-state index < -0.39 is 0 Å². The van der Waals surface area contributed by atoms with Gasteiger partial charge in [0.15, 0.2) is 0 Å². The summed E-state index contributed by atoms with van der Waals surface area (Å²) < 4.78 is 2.07. The van der Waals surface area contributed by atoms with E-state index in [9.17, 15) is 0 Å². The van der Waals surface area contributed by atoms with Crippen LogP contribution in [0.25, 0.3) is 0 Å². The lowest BCUT2D eigenvalue weighted by Gasteiger charge is -2.27. The van der Waals surface area contributed by atoms with Crippen molar-refractivity contribution < 1.29 is 0 Å². The lowest BCUT2D eigenvalue weighted by atomic mass is 10.2. The Kier molecular flexibility index (Phi) is 4.12. The van der Waals surface area contributed by atoms with Crippen molar-refractivity contribution in [1.82, 2.24) is 25.0 Å². The van der Waals surface area contributed by atoms with Gasteiger partial charge in [0.2, 0.25) is 0 Å². The Bertz CT molecular complexity index is 352. The molecule has 0 saturated carbocycles. The highest BCUT2D eigenvalue weighted by atomic mass is 15.4. The first-order chi connectivity index (χ1) is 8.16. The van der Waals surface area contributed by atoms with Crippen molar-refractivity contribution >= 4 is 0 Å². The molecule has 1 N–H and O–H groups in total. The second-order valence-electron chi connectivity index (χ2n) is 4.99. The molecule has 0 amide bonds. The van der Waals surface area contributed by atoms with Gasteiger partial charge in [0.25, 0.3) is 0 Å². The van der Waals surface area contributed by atoms with E-state index in [0.717, 1.165) is 50.9 Å². The fraction of sp³-hybridized carbons (Fsp3) is 0.833. The fourth-order valence-electron chi connectivity index (χ4n) is 2.23. The number of hydrogen-bond donors (Lipinski definition) is 1. The summed E-state index contributed by atoms with van der Waals surface area (Å²) in [4.78, 5) is 6.98. The molecular formula is C12H23N5. The van der Waals surface area contributed by atoms with Gasteiger partial charge < -0.3 is 5.32 Å². The summed E-state index contributed by atoms with van der Waals surface area (Å²) in [6, 6.07) is 0. The third-order valence-corrected chi connectivity index (χ3v) is 3.16. The normalized spacial score (nSPS) is 17.9. The van der Waals surface area contributed by atoms with Crippen molar-refractivity contribution in [3.8, 4) is 0 Å². The molecule has 1 saturated heterocycles. The van der Waals surface area contributed by atoms with Crippen LogP contribution in [0.5, 0.6) is 0 Å². The number of piperazine rings is 1. The number of aromatic nitrogens is 3. The predicted molar refractivity (Wildman–Crippen MR) is 68.2 cm³/mol. The van der Waals surface area contributed by atoms with E-state index in [-0.39, 0.29) is 0 Å². The molecule has 0 unspecified atom stereocenters. The van der Waals surface area contributed by atoms with Crippen LogP contribution in [-0.4, -0.2) is 52.4 Å². The maximum Gasteiger partial charge on any atom is 0.147 e. The lowest BCUT2D eigenvalue weighted by molar-refractivity contribution is 0.228. The fourth-order valence-corrected chi connectivity index (χ4v) is 2.23. The maximum absolute atomic E-state index is 4.49. The van der Waals surface area contributed by atoms with Crippen molar-refractivity contribution in [2.24, 2.45) is 0 Å². The molecule has 5 nitrogen and oxygen atoms in total. The van der Waals surface area contributed by atoms with Crippen LogP contribution in [-0.2, 0) is 6.54 Å². The Morgan fingerprint density at radius 2 is 1.94 bits per heavy atom. The Morgan fingerprint density at radius 1 is 1.24 bits per heavy atom. The third kappa shape index (κ3) is 3.26. The summed E-state index contributed by atoms with van der Waals surface area (Å²) in [7, 11) is 0.